The van der Waals surface area contributed by atoms with Gasteiger partial charge in [0.15, 0.2) is 17.3 Å². The lowest BCUT2D eigenvalue weighted by molar-refractivity contribution is 0.0695. The molecule has 0 saturated carbocycles. The molecule has 12 nitrogen and oxygen atoms in total. The van der Waals surface area contributed by atoms with Gasteiger partial charge in [-0.3, -0.25) is 9.36 Å². The molecule has 0 aromatic carbocycles. The van der Waals surface area contributed by atoms with Crippen molar-refractivity contribution in [3.63, 3.8) is 0 Å². The lowest BCUT2D eigenvalue weighted by Crippen LogP contribution is -2.57. The van der Waals surface area contributed by atoms with Gasteiger partial charge < -0.3 is 29.3 Å². The Labute approximate surface area is 257 Å². The van der Waals surface area contributed by atoms with E-state index in [4.69, 9.17) is 21.1 Å². The molecule has 1 N–H and O–H groups in total. The zero-order chi connectivity index (χ0) is 31.1. The van der Waals surface area contributed by atoms with E-state index in [0.717, 1.165) is 31.4 Å². The van der Waals surface area contributed by atoms with E-state index in [1.165, 1.54) is 24.1 Å². The Morgan fingerprint density at radius 1 is 1.23 bits per heavy atom. The van der Waals surface area contributed by atoms with Gasteiger partial charge in [0, 0.05) is 44.1 Å². The number of halogens is 2. The fraction of sp³-hybridized carbons (Fsp3) is 0.367. The van der Waals surface area contributed by atoms with Gasteiger partial charge in [0.25, 0.3) is 0 Å². The lowest BCUT2D eigenvalue weighted by Gasteiger charge is -2.43. The van der Waals surface area contributed by atoms with Gasteiger partial charge in [-0.1, -0.05) is 11.6 Å². The Morgan fingerprint density at radius 2 is 2.02 bits per heavy atom. The number of methoxy groups -OCH3 is 1. The smallest absolute Gasteiger partial charge is 0.341 e. The van der Waals surface area contributed by atoms with Crippen molar-refractivity contribution in [1.82, 2.24) is 24.4 Å². The number of anilines is 2. The number of ether oxygens (including phenoxy) is 2. The maximum Gasteiger partial charge on any atom is 0.341 e. The van der Waals surface area contributed by atoms with E-state index in [-0.39, 0.29) is 40.4 Å². The maximum atomic E-state index is 15.7. The molecule has 6 rings (SSSR count). The minimum absolute atomic E-state index is 0.0319. The Balaban J connectivity index is 1.35. The molecular formula is C30H31ClFN7O5. The second kappa shape index (κ2) is 11.9. The molecule has 2 fully saturated rings. The molecule has 0 aliphatic carbocycles. The van der Waals surface area contributed by atoms with Crippen LogP contribution in [0.4, 0.5) is 16.0 Å². The molecule has 2 aliphatic heterocycles. The summed E-state index contributed by atoms with van der Waals surface area (Å²) in [6, 6.07) is 6.47. The Morgan fingerprint density at radius 3 is 2.70 bits per heavy atom. The molecule has 0 unspecified atom stereocenters. The van der Waals surface area contributed by atoms with E-state index in [0.29, 0.717) is 30.4 Å². The molecule has 1 atom stereocenters. The number of carbonyl (C=O) groups is 1. The van der Waals surface area contributed by atoms with Crippen molar-refractivity contribution in [2.24, 2.45) is 0 Å². The fourth-order valence-electron chi connectivity index (χ4n) is 5.57. The maximum absolute atomic E-state index is 15.7. The first-order valence-corrected chi connectivity index (χ1v) is 14.5. The van der Waals surface area contributed by atoms with Crippen LogP contribution in [0.1, 0.15) is 23.2 Å². The van der Waals surface area contributed by atoms with Crippen LogP contribution in [-0.2, 0) is 0 Å². The van der Waals surface area contributed by atoms with Gasteiger partial charge in [-0.2, -0.15) is 0 Å². The summed E-state index contributed by atoms with van der Waals surface area (Å²) in [4.78, 5) is 44.6. The molecular weight excluding hydrogens is 593 g/mol. The number of fused-ring (bicyclic) bond motifs is 1. The third-order valence-corrected chi connectivity index (χ3v) is 8.52. The number of hydrogen-bond acceptors (Lipinski definition) is 10. The van der Waals surface area contributed by atoms with Crippen molar-refractivity contribution in [3.8, 4) is 17.3 Å². The first-order chi connectivity index (χ1) is 21.2. The van der Waals surface area contributed by atoms with Gasteiger partial charge in [-0.15, -0.1) is 0 Å². The molecule has 2 saturated heterocycles. The van der Waals surface area contributed by atoms with E-state index < -0.39 is 22.8 Å². The Kier molecular flexibility index (Phi) is 7.99. The minimum atomic E-state index is -1.42. The predicted octanol–water partition coefficient (Wildman–Crippen LogP) is 3.47. The average Bonchev–Trinajstić information content (AvgIpc) is 3.44. The van der Waals surface area contributed by atoms with Crippen molar-refractivity contribution < 1.29 is 23.8 Å². The van der Waals surface area contributed by atoms with E-state index in [2.05, 4.69) is 24.8 Å². The normalized spacial score (nSPS) is 16.9. The van der Waals surface area contributed by atoms with Crippen molar-refractivity contribution in [2.75, 3.05) is 57.2 Å². The van der Waals surface area contributed by atoms with Crippen LogP contribution in [0.25, 0.3) is 16.7 Å². The van der Waals surface area contributed by atoms with Crippen LogP contribution in [0.3, 0.4) is 0 Å². The molecule has 14 heteroatoms. The van der Waals surface area contributed by atoms with Crippen LogP contribution >= 0.6 is 11.6 Å². The second-order valence-corrected chi connectivity index (χ2v) is 11.4. The zero-order valence-electron chi connectivity index (χ0n) is 24.4. The third kappa shape index (κ3) is 5.37. The van der Waals surface area contributed by atoms with Gasteiger partial charge in [-0.25, -0.2) is 24.1 Å². The predicted molar refractivity (Wildman–Crippen MR) is 163 cm³/mol. The van der Waals surface area contributed by atoms with E-state index in [1.54, 1.807) is 23.2 Å². The van der Waals surface area contributed by atoms with Crippen LogP contribution in [0, 0.1) is 5.82 Å². The highest BCUT2D eigenvalue weighted by molar-refractivity contribution is 6.33. The number of pyridine rings is 4. The molecule has 230 valence electrons. The van der Waals surface area contributed by atoms with E-state index >= 15 is 4.39 Å². The Bertz CT molecular complexity index is 1780. The van der Waals surface area contributed by atoms with Crippen LogP contribution in [0.15, 0.2) is 47.7 Å². The van der Waals surface area contributed by atoms with Crippen molar-refractivity contribution in [2.45, 2.75) is 24.9 Å². The molecule has 6 heterocycles. The summed E-state index contributed by atoms with van der Waals surface area (Å²) >= 11 is 6.34. The van der Waals surface area contributed by atoms with E-state index in [9.17, 15) is 14.7 Å². The van der Waals surface area contributed by atoms with Gasteiger partial charge >= 0.3 is 5.97 Å². The number of carboxylic acids is 1. The standard InChI is InChI=1S/C30H31ClFN7O5/c1-36(2)19-13-37(14-19)24-7-6-17(12-34-24)39-15-21(30(41)42)26(40)20-11-22(32)28(35-27(20)39)38-10-4-5-18(38)16-44-29-25(31)23(43-3)8-9-33-29/h6-9,11-12,15,18-19H,4-5,10,13-14,16H2,1-3H3,(H,41,42)/t18-/m1/s1. The van der Waals surface area contributed by atoms with Gasteiger partial charge in [0.1, 0.15) is 28.8 Å². The number of aromatic nitrogens is 4. The molecule has 4 aromatic rings. The molecule has 0 radical (unpaired) electrons. The third-order valence-electron chi connectivity index (χ3n) is 8.17. The molecule has 0 spiro atoms. The quantitative estimate of drug-likeness (QED) is 0.294. The Hall–Kier alpha value is -4.49. The highest BCUT2D eigenvalue weighted by Gasteiger charge is 2.31. The summed E-state index contributed by atoms with van der Waals surface area (Å²) in [5, 5.41) is 9.85. The minimum Gasteiger partial charge on any atom is -0.495 e. The summed E-state index contributed by atoms with van der Waals surface area (Å²) in [6.07, 6.45) is 5.78. The summed E-state index contributed by atoms with van der Waals surface area (Å²) in [7, 11) is 5.57. The van der Waals surface area contributed by atoms with Crippen molar-refractivity contribution in [3.05, 3.63) is 69.5 Å². The number of likely N-dealkylation sites (N-methyl/N-ethyl adjacent to an activating group) is 1. The number of nitrogens with zero attached hydrogens (tertiary/aromatic N) is 7. The first kappa shape index (κ1) is 29.6. The fourth-order valence-corrected chi connectivity index (χ4v) is 5.81. The topological polar surface area (TPSA) is 126 Å². The molecule has 0 amide bonds. The largest absolute Gasteiger partial charge is 0.495 e. The zero-order valence-corrected chi connectivity index (χ0v) is 25.2. The number of rotatable bonds is 9. The van der Waals surface area contributed by atoms with E-state index in [1.807, 2.05) is 20.2 Å². The molecule has 2 aliphatic rings. The van der Waals surface area contributed by atoms with Crippen LogP contribution < -0.4 is 24.7 Å². The van der Waals surface area contributed by atoms with Crippen LogP contribution in [0.5, 0.6) is 11.6 Å². The second-order valence-electron chi connectivity index (χ2n) is 11.0. The number of aromatic carboxylic acids is 1. The van der Waals surface area contributed by atoms with Gasteiger partial charge in [0.05, 0.1) is 30.4 Å². The summed E-state index contributed by atoms with van der Waals surface area (Å²) < 4.78 is 28.3. The SMILES string of the molecule is COc1ccnc(OC[C@H]2CCCN2c2nc3c(cc2F)c(=O)c(C(=O)O)cn3-c2ccc(N3CC(N(C)C)C3)nc2)c1Cl. The average molecular weight is 624 g/mol. The lowest BCUT2D eigenvalue weighted by atomic mass is 10.1. The summed E-state index contributed by atoms with van der Waals surface area (Å²) in [5.41, 5.74) is -0.716. The van der Waals surface area contributed by atoms with Gasteiger partial charge in [-0.05, 0) is 45.1 Å². The van der Waals surface area contributed by atoms with Crippen molar-refractivity contribution >= 4 is 40.2 Å². The van der Waals surface area contributed by atoms with Crippen molar-refractivity contribution in [1.29, 1.82) is 0 Å². The highest BCUT2D eigenvalue weighted by atomic mass is 35.5. The molecule has 0 bridgehead atoms. The monoisotopic (exact) mass is 623 g/mol. The van der Waals surface area contributed by atoms with Gasteiger partial charge in [0.2, 0.25) is 11.3 Å². The molecule has 4 aromatic heterocycles. The first-order valence-electron chi connectivity index (χ1n) is 14.1. The highest BCUT2D eigenvalue weighted by Crippen LogP contribution is 2.33. The van der Waals surface area contributed by atoms with Crippen LogP contribution in [-0.4, -0.2) is 95.0 Å². The molecule has 44 heavy (non-hydrogen) atoms. The summed E-state index contributed by atoms with van der Waals surface area (Å²) in [6.45, 7) is 2.34. The number of carboxylic acid groups (broad SMARTS) is 1. The number of hydrogen-bond donors (Lipinski definition) is 1. The van der Waals surface area contributed by atoms with Crippen LogP contribution in [0.2, 0.25) is 5.02 Å². The summed E-state index contributed by atoms with van der Waals surface area (Å²) in [5.74, 6) is -0.728.